The van der Waals surface area contributed by atoms with Crippen LogP contribution in [0.5, 0.6) is 0 Å². The second kappa shape index (κ2) is 6.56. The molecule has 17 heavy (non-hydrogen) atoms. The molecule has 2 aliphatic rings. The Bertz CT molecular complexity index is 217. The Balaban J connectivity index is 1.70. The summed E-state index contributed by atoms with van der Waals surface area (Å²) in [6.07, 6.45) is 12.3. The van der Waals surface area contributed by atoms with Gasteiger partial charge in [-0.1, -0.05) is 48.5 Å². The number of hydrogen-bond donors (Lipinski definition) is 0. The van der Waals surface area contributed by atoms with Crippen LogP contribution < -0.4 is 0 Å². The van der Waals surface area contributed by atoms with Gasteiger partial charge in [0, 0.05) is 11.9 Å². The van der Waals surface area contributed by atoms with E-state index in [0.29, 0.717) is 0 Å². The maximum absolute atomic E-state index is 6.27. The van der Waals surface area contributed by atoms with Crippen molar-refractivity contribution < 1.29 is 4.74 Å². The molecule has 2 aliphatic carbocycles. The van der Waals surface area contributed by atoms with E-state index in [9.17, 15) is 0 Å². The van der Waals surface area contributed by atoms with Crippen molar-refractivity contribution in [3.8, 4) is 0 Å². The Morgan fingerprint density at radius 1 is 1.12 bits per heavy atom. The molecule has 0 unspecified atom stereocenters. The molecule has 0 aliphatic heterocycles. The fraction of sp³-hybridized carbons (Fsp3) is 1.00. The fourth-order valence-electron chi connectivity index (χ4n) is 3.15. The van der Waals surface area contributed by atoms with E-state index in [4.69, 9.17) is 4.74 Å². The lowest BCUT2D eigenvalue weighted by Crippen LogP contribution is -2.39. The first-order chi connectivity index (χ1) is 8.28. The van der Waals surface area contributed by atoms with Crippen LogP contribution in [0.1, 0.15) is 64.7 Å². The summed E-state index contributed by atoms with van der Waals surface area (Å²) in [6, 6.07) is 0. The molecule has 0 N–H and O–H groups in total. The molecule has 0 aromatic rings. The van der Waals surface area contributed by atoms with Crippen molar-refractivity contribution in [1.29, 1.82) is 0 Å². The van der Waals surface area contributed by atoms with Gasteiger partial charge in [0.1, 0.15) is 0 Å². The predicted molar refractivity (Wildman–Crippen MR) is 76.7 cm³/mol. The van der Waals surface area contributed by atoms with Gasteiger partial charge in [-0.15, -0.1) is 0 Å². The van der Waals surface area contributed by atoms with Crippen molar-refractivity contribution >= 4 is 15.9 Å². The maximum Gasteiger partial charge on any atom is 0.0779 e. The first-order valence-electron chi connectivity index (χ1n) is 7.48. The molecule has 0 aromatic heterocycles. The molecule has 1 nitrogen and oxygen atoms in total. The standard InChI is InChI=1S/C15H27BrO/c1-2-13-6-9-15(12-16,10-7-13)17-11-8-14-4-3-5-14/h13-14H,2-12H2,1H3. The summed E-state index contributed by atoms with van der Waals surface area (Å²) in [7, 11) is 0. The van der Waals surface area contributed by atoms with E-state index in [0.717, 1.165) is 23.8 Å². The quantitative estimate of drug-likeness (QED) is 0.632. The Morgan fingerprint density at radius 3 is 2.29 bits per heavy atom. The molecule has 2 saturated carbocycles. The topological polar surface area (TPSA) is 9.23 Å². The van der Waals surface area contributed by atoms with E-state index >= 15 is 0 Å². The lowest BCUT2D eigenvalue weighted by Gasteiger charge is -2.39. The Hall–Kier alpha value is 0.440. The molecule has 0 amide bonds. The maximum atomic E-state index is 6.27. The van der Waals surface area contributed by atoms with Crippen molar-refractivity contribution in [3.63, 3.8) is 0 Å². The van der Waals surface area contributed by atoms with Gasteiger partial charge in [0.2, 0.25) is 0 Å². The zero-order valence-electron chi connectivity index (χ0n) is 11.2. The minimum absolute atomic E-state index is 0.176. The summed E-state index contributed by atoms with van der Waals surface area (Å²) in [5, 5.41) is 1.03. The number of hydrogen-bond acceptors (Lipinski definition) is 1. The Labute approximate surface area is 115 Å². The molecule has 0 aromatic carbocycles. The SMILES string of the molecule is CCC1CCC(CBr)(OCCC2CCC2)CC1. The zero-order chi connectivity index (χ0) is 12.1. The summed E-state index contributed by atoms with van der Waals surface area (Å²) in [6.45, 7) is 3.32. The molecule has 2 rings (SSSR count). The van der Waals surface area contributed by atoms with Crippen LogP contribution in [0.15, 0.2) is 0 Å². The highest BCUT2D eigenvalue weighted by atomic mass is 79.9. The van der Waals surface area contributed by atoms with Gasteiger partial charge >= 0.3 is 0 Å². The van der Waals surface area contributed by atoms with Gasteiger partial charge in [0.15, 0.2) is 0 Å². The van der Waals surface area contributed by atoms with Gasteiger partial charge in [-0.25, -0.2) is 0 Å². The van der Waals surface area contributed by atoms with Gasteiger partial charge in [0.05, 0.1) is 5.60 Å². The molecule has 0 atom stereocenters. The van der Waals surface area contributed by atoms with Crippen LogP contribution in [0, 0.1) is 11.8 Å². The lowest BCUT2D eigenvalue weighted by molar-refractivity contribution is -0.0666. The average molecular weight is 303 g/mol. The molecule has 0 bridgehead atoms. The van der Waals surface area contributed by atoms with Crippen LogP contribution in [-0.4, -0.2) is 17.5 Å². The number of alkyl halides is 1. The third-order valence-corrected chi connectivity index (χ3v) is 6.02. The third-order valence-electron chi connectivity index (χ3n) is 5.00. The van der Waals surface area contributed by atoms with Crippen LogP contribution in [0.25, 0.3) is 0 Å². The molecule has 2 fully saturated rings. The van der Waals surface area contributed by atoms with Crippen molar-refractivity contribution in [2.24, 2.45) is 11.8 Å². The van der Waals surface area contributed by atoms with E-state index in [1.807, 2.05) is 0 Å². The minimum Gasteiger partial charge on any atom is -0.374 e. The number of ether oxygens (including phenoxy) is 1. The normalized spacial score (nSPS) is 34.6. The van der Waals surface area contributed by atoms with Crippen LogP contribution >= 0.6 is 15.9 Å². The van der Waals surface area contributed by atoms with E-state index in [1.54, 1.807) is 0 Å². The fourth-order valence-corrected chi connectivity index (χ4v) is 3.87. The van der Waals surface area contributed by atoms with Gasteiger partial charge in [-0.3, -0.25) is 0 Å². The first kappa shape index (κ1) is 13.9. The first-order valence-corrected chi connectivity index (χ1v) is 8.60. The van der Waals surface area contributed by atoms with E-state index < -0.39 is 0 Å². The molecule has 0 spiro atoms. The van der Waals surface area contributed by atoms with Crippen LogP contribution in [0.3, 0.4) is 0 Å². The third kappa shape index (κ3) is 3.70. The predicted octanol–water partition coefficient (Wildman–Crippen LogP) is 4.93. The van der Waals surface area contributed by atoms with E-state index in [2.05, 4.69) is 22.9 Å². The largest absolute Gasteiger partial charge is 0.374 e. The van der Waals surface area contributed by atoms with Gasteiger partial charge in [-0.05, 0) is 43.9 Å². The molecule has 0 radical (unpaired) electrons. The van der Waals surface area contributed by atoms with Gasteiger partial charge in [0.25, 0.3) is 0 Å². The summed E-state index contributed by atoms with van der Waals surface area (Å²) >= 11 is 3.68. The summed E-state index contributed by atoms with van der Waals surface area (Å²) in [5.74, 6) is 1.94. The van der Waals surface area contributed by atoms with Crippen LogP contribution in [0.2, 0.25) is 0 Å². The molecule has 0 saturated heterocycles. The van der Waals surface area contributed by atoms with Gasteiger partial charge < -0.3 is 4.74 Å². The average Bonchev–Trinajstić information content (AvgIpc) is 2.33. The van der Waals surface area contributed by atoms with Crippen LogP contribution in [-0.2, 0) is 4.74 Å². The van der Waals surface area contributed by atoms with Gasteiger partial charge in [-0.2, -0.15) is 0 Å². The monoisotopic (exact) mass is 302 g/mol. The van der Waals surface area contributed by atoms with Crippen LogP contribution in [0.4, 0.5) is 0 Å². The molecular weight excluding hydrogens is 276 g/mol. The summed E-state index contributed by atoms with van der Waals surface area (Å²) in [4.78, 5) is 0. The van der Waals surface area contributed by atoms with Crippen molar-refractivity contribution in [2.75, 3.05) is 11.9 Å². The zero-order valence-corrected chi connectivity index (χ0v) is 12.8. The smallest absolute Gasteiger partial charge is 0.0779 e. The van der Waals surface area contributed by atoms with Crippen molar-refractivity contribution in [2.45, 2.75) is 70.3 Å². The summed E-state index contributed by atoms with van der Waals surface area (Å²) < 4.78 is 6.27. The van der Waals surface area contributed by atoms with Crippen molar-refractivity contribution in [1.82, 2.24) is 0 Å². The Kier molecular flexibility index (Phi) is 5.35. The second-order valence-electron chi connectivity index (χ2n) is 6.10. The number of halogens is 1. The van der Waals surface area contributed by atoms with E-state index in [1.165, 1.54) is 57.8 Å². The lowest BCUT2D eigenvalue weighted by atomic mass is 9.78. The Morgan fingerprint density at radius 2 is 1.82 bits per heavy atom. The summed E-state index contributed by atoms with van der Waals surface area (Å²) in [5.41, 5.74) is 0.176. The minimum atomic E-state index is 0.176. The van der Waals surface area contributed by atoms with E-state index in [-0.39, 0.29) is 5.60 Å². The highest BCUT2D eigenvalue weighted by Crippen LogP contribution is 2.38. The molecular formula is C15H27BrO. The highest BCUT2D eigenvalue weighted by molar-refractivity contribution is 9.09. The van der Waals surface area contributed by atoms with Crippen molar-refractivity contribution in [3.05, 3.63) is 0 Å². The molecule has 2 heteroatoms. The highest BCUT2D eigenvalue weighted by Gasteiger charge is 2.35. The molecule has 0 heterocycles. The molecule has 100 valence electrons. The number of rotatable bonds is 6. The second-order valence-corrected chi connectivity index (χ2v) is 6.66.